The number of carbonyl (C=O) groups is 1. The number of nitrogens with zero attached hydrogens (tertiary/aromatic N) is 5. The number of carbonyl (C=O) groups excluding carboxylic acids is 1. The van der Waals surface area contributed by atoms with E-state index >= 15 is 0 Å². The van der Waals surface area contributed by atoms with Crippen molar-refractivity contribution in [2.75, 3.05) is 5.84 Å². The molecule has 0 amide bonds. The Morgan fingerprint density at radius 1 is 1.26 bits per heavy atom. The molecule has 1 aromatic carbocycles. The Morgan fingerprint density at radius 3 is 2.78 bits per heavy atom. The summed E-state index contributed by atoms with van der Waals surface area (Å²) >= 11 is 1.27. The molecule has 3 N–H and O–H groups in total. The number of aromatic amines is 1. The third kappa shape index (κ3) is 2.99. The van der Waals surface area contributed by atoms with Crippen molar-refractivity contribution in [2.24, 2.45) is 0 Å². The number of Topliss-reactive ketones (excluding diaryl/α,β-unsaturated/α-hetero) is 1. The van der Waals surface area contributed by atoms with E-state index < -0.39 is 0 Å². The van der Waals surface area contributed by atoms with E-state index in [1.807, 2.05) is 51.1 Å². The molecule has 0 aliphatic rings. The van der Waals surface area contributed by atoms with E-state index in [4.69, 9.17) is 5.84 Å². The number of H-pyrrole nitrogens is 1. The third-order valence-electron chi connectivity index (χ3n) is 4.35. The van der Waals surface area contributed by atoms with Crippen molar-refractivity contribution in [3.8, 4) is 5.95 Å². The normalized spacial score (nSPS) is 12.6. The Bertz CT molecular complexity index is 1140. The summed E-state index contributed by atoms with van der Waals surface area (Å²) in [7, 11) is 0. The molecule has 0 bridgehead atoms. The molecule has 3 aromatic heterocycles. The van der Waals surface area contributed by atoms with Crippen LogP contribution in [0, 0.1) is 13.8 Å². The van der Waals surface area contributed by atoms with Crippen molar-refractivity contribution < 1.29 is 4.79 Å². The summed E-state index contributed by atoms with van der Waals surface area (Å²) in [6.07, 6.45) is 1.75. The molecule has 0 aliphatic carbocycles. The van der Waals surface area contributed by atoms with Gasteiger partial charge in [0, 0.05) is 28.4 Å². The SMILES string of the molecule is Cc1cc(C)n(-c2nnc(SC(C)C(=O)c3c[nH]c4ccccc34)n2N)n1. The lowest BCUT2D eigenvalue weighted by Gasteiger charge is -2.09. The zero-order chi connectivity index (χ0) is 19.1. The van der Waals surface area contributed by atoms with Crippen LogP contribution >= 0.6 is 11.8 Å². The fraction of sp³-hybridized carbons (Fsp3) is 0.222. The maximum atomic E-state index is 12.9. The molecule has 9 heteroatoms. The van der Waals surface area contributed by atoms with Gasteiger partial charge in [-0.1, -0.05) is 30.0 Å². The van der Waals surface area contributed by atoms with E-state index in [0.717, 1.165) is 22.3 Å². The smallest absolute Gasteiger partial charge is 0.271 e. The summed E-state index contributed by atoms with van der Waals surface area (Å²) in [4.78, 5) is 16.0. The van der Waals surface area contributed by atoms with Crippen LogP contribution in [-0.2, 0) is 0 Å². The van der Waals surface area contributed by atoms with Crippen LogP contribution in [0.1, 0.15) is 28.7 Å². The monoisotopic (exact) mass is 381 g/mol. The number of ketones is 1. The largest absolute Gasteiger partial charge is 0.360 e. The molecule has 0 fully saturated rings. The van der Waals surface area contributed by atoms with Crippen LogP contribution in [0.15, 0.2) is 41.7 Å². The van der Waals surface area contributed by atoms with Crippen molar-refractivity contribution in [2.45, 2.75) is 31.2 Å². The highest BCUT2D eigenvalue weighted by atomic mass is 32.2. The first kappa shape index (κ1) is 17.3. The zero-order valence-electron chi connectivity index (χ0n) is 15.2. The molecule has 4 rings (SSSR count). The molecule has 0 radical (unpaired) electrons. The lowest BCUT2D eigenvalue weighted by molar-refractivity contribution is 0.0995. The molecule has 0 spiro atoms. The van der Waals surface area contributed by atoms with E-state index in [2.05, 4.69) is 20.3 Å². The number of aromatic nitrogens is 6. The van der Waals surface area contributed by atoms with E-state index in [-0.39, 0.29) is 11.0 Å². The highest BCUT2D eigenvalue weighted by molar-refractivity contribution is 8.00. The summed E-state index contributed by atoms with van der Waals surface area (Å²) in [5.74, 6) is 6.58. The fourth-order valence-corrected chi connectivity index (χ4v) is 3.86. The molecule has 0 aliphatic heterocycles. The van der Waals surface area contributed by atoms with Gasteiger partial charge in [0.05, 0.1) is 10.9 Å². The van der Waals surface area contributed by atoms with Crippen molar-refractivity contribution in [1.82, 2.24) is 29.6 Å². The average Bonchev–Trinajstić information content (AvgIpc) is 3.32. The van der Waals surface area contributed by atoms with Gasteiger partial charge in [-0.25, -0.2) is 9.36 Å². The van der Waals surface area contributed by atoms with Gasteiger partial charge in [-0.15, -0.1) is 10.2 Å². The van der Waals surface area contributed by atoms with Gasteiger partial charge >= 0.3 is 0 Å². The number of thioether (sulfide) groups is 1. The van der Waals surface area contributed by atoms with Gasteiger partial charge < -0.3 is 10.8 Å². The summed E-state index contributed by atoms with van der Waals surface area (Å²) in [5.41, 5.74) is 3.37. The molecule has 0 saturated heterocycles. The predicted molar refractivity (Wildman–Crippen MR) is 105 cm³/mol. The highest BCUT2D eigenvalue weighted by Crippen LogP contribution is 2.27. The first-order valence-corrected chi connectivity index (χ1v) is 9.35. The lowest BCUT2D eigenvalue weighted by Crippen LogP contribution is -2.19. The van der Waals surface area contributed by atoms with E-state index in [1.165, 1.54) is 16.4 Å². The summed E-state index contributed by atoms with van der Waals surface area (Å²) in [5, 5.41) is 13.6. The van der Waals surface area contributed by atoms with Gasteiger partial charge in [-0.2, -0.15) is 5.10 Å². The van der Waals surface area contributed by atoms with Crippen LogP contribution in [0.25, 0.3) is 16.9 Å². The Balaban J connectivity index is 1.59. The maximum absolute atomic E-state index is 12.9. The summed E-state index contributed by atoms with van der Waals surface area (Å²) in [6, 6.07) is 9.67. The minimum Gasteiger partial charge on any atom is -0.360 e. The Labute approximate surface area is 159 Å². The van der Waals surface area contributed by atoms with Crippen LogP contribution in [0.5, 0.6) is 0 Å². The quantitative estimate of drug-likeness (QED) is 0.313. The topological polar surface area (TPSA) is 107 Å². The molecular formula is C18H19N7OS. The van der Waals surface area contributed by atoms with Gasteiger partial charge in [0.15, 0.2) is 5.78 Å². The number of nitrogens with one attached hydrogen (secondary N) is 1. The first-order chi connectivity index (χ1) is 13.0. The highest BCUT2D eigenvalue weighted by Gasteiger charge is 2.23. The number of fused-ring (bicyclic) bond motifs is 1. The number of hydrogen-bond acceptors (Lipinski definition) is 6. The molecular weight excluding hydrogens is 362 g/mol. The van der Waals surface area contributed by atoms with Gasteiger partial charge in [0.2, 0.25) is 5.16 Å². The van der Waals surface area contributed by atoms with Gasteiger partial charge in [0.25, 0.3) is 5.95 Å². The molecule has 4 aromatic rings. The number of para-hydroxylation sites is 1. The molecule has 138 valence electrons. The summed E-state index contributed by atoms with van der Waals surface area (Å²) in [6.45, 7) is 5.66. The Morgan fingerprint density at radius 2 is 2.04 bits per heavy atom. The molecule has 1 unspecified atom stereocenters. The van der Waals surface area contributed by atoms with Crippen LogP contribution in [0.3, 0.4) is 0 Å². The van der Waals surface area contributed by atoms with Crippen LogP contribution in [-0.4, -0.2) is 40.7 Å². The second-order valence-corrected chi connectivity index (χ2v) is 7.67. The minimum atomic E-state index is -0.371. The number of rotatable bonds is 5. The zero-order valence-corrected chi connectivity index (χ0v) is 16.0. The Kier molecular flexibility index (Phi) is 4.23. The number of aryl methyl sites for hydroxylation is 2. The second-order valence-electron chi connectivity index (χ2n) is 6.36. The van der Waals surface area contributed by atoms with Crippen LogP contribution in [0.4, 0.5) is 0 Å². The minimum absolute atomic E-state index is 0.00751. The summed E-state index contributed by atoms with van der Waals surface area (Å²) < 4.78 is 3.00. The standard InChI is InChI=1S/C18H19N7OS/c1-10-8-11(2)25(23-10)17-21-22-18(24(17)19)27-12(3)16(26)14-9-20-15-7-5-4-6-13(14)15/h4-9,12,20H,19H2,1-3H3. The first-order valence-electron chi connectivity index (χ1n) is 8.47. The van der Waals surface area contributed by atoms with Crippen LogP contribution < -0.4 is 5.84 Å². The van der Waals surface area contributed by atoms with Crippen molar-refractivity contribution >= 4 is 28.4 Å². The van der Waals surface area contributed by atoms with Crippen LogP contribution in [0.2, 0.25) is 0 Å². The van der Waals surface area contributed by atoms with Gasteiger partial charge in [-0.3, -0.25) is 4.79 Å². The van der Waals surface area contributed by atoms with E-state index in [0.29, 0.717) is 16.7 Å². The lowest BCUT2D eigenvalue weighted by atomic mass is 10.1. The van der Waals surface area contributed by atoms with Gasteiger partial charge in [0.1, 0.15) is 0 Å². The third-order valence-corrected chi connectivity index (χ3v) is 5.41. The number of hydrogen-bond donors (Lipinski definition) is 2. The predicted octanol–water partition coefficient (Wildman–Crippen LogP) is 2.64. The maximum Gasteiger partial charge on any atom is 0.271 e. The second kappa shape index (κ2) is 6.58. The number of nitrogen functional groups attached to an aromatic ring is 1. The Hall–Kier alpha value is -3.07. The fourth-order valence-electron chi connectivity index (χ4n) is 3.03. The molecule has 3 heterocycles. The molecule has 0 saturated carbocycles. The van der Waals surface area contributed by atoms with Crippen molar-refractivity contribution in [3.63, 3.8) is 0 Å². The number of nitrogens with two attached hydrogens (primary N) is 1. The van der Waals surface area contributed by atoms with Crippen molar-refractivity contribution in [3.05, 3.63) is 53.5 Å². The molecule has 8 nitrogen and oxygen atoms in total. The number of benzene rings is 1. The molecule has 1 atom stereocenters. The average molecular weight is 381 g/mol. The molecule has 27 heavy (non-hydrogen) atoms. The van der Waals surface area contributed by atoms with E-state index in [1.54, 1.807) is 10.9 Å². The van der Waals surface area contributed by atoms with Crippen molar-refractivity contribution in [1.29, 1.82) is 0 Å². The van der Waals surface area contributed by atoms with Gasteiger partial charge in [-0.05, 0) is 32.9 Å². The van der Waals surface area contributed by atoms with E-state index in [9.17, 15) is 4.79 Å².